The summed E-state index contributed by atoms with van der Waals surface area (Å²) in [4.78, 5) is 24.6. The molecule has 6 heteroatoms. The third kappa shape index (κ3) is 1.68. The minimum absolute atomic E-state index is 0.338. The number of aromatic amines is 1. The van der Waals surface area contributed by atoms with Crippen molar-refractivity contribution in [2.24, 2.45) is 0 Å². The Morgan fingerprint density at radius 3 is 2.93 bits per heavy atom. The zero-order valence-electron chi connectivity index (χ0n) is 7.53. The number of aromatic nitrogens is 2. The predicted octanol–water partition coefficient (Wildman–Crippen LogP) is 1.18. The van der Waals surface area contributed by atoms with Gasteiger partial charge in [-0.3, -0.25) is 9.36 Å². The van der Waals surface area contributed by atoms with E-state index in [0.29, 0.717) is 11.0 Å². The maximum atomic E-state index is 11.4. The number of H-pyrrole nitrogens is 1. The van der Waals surface area contributed by atoms with Crippen LogP contribution in [0.15, 0.2) is 27.5 Å². The predicted molar refractivity (Wildman–Crippen MR) is 57.9 cm³/mol. The molecule has 5 nitrogen and oxygen atoms in total. The Bertz CT molecular complexity index is 585. The molecular weight excluding hydrogens is 264 g/mol. The number of fused-ring (bicyclic) bond motifs is 1. The second-order valence-electron chi connectivity index (χ2n) is 3.04. The van der Waals surface area contributed by atoms with Crippen LogP contribution in [0.3, 0.4) is 0 Å². The minimum atomic E-state index is -1.04. The SMILES string of the molecule is O=C(O)Cn1c(=O)[nH]c2c(Br)cccc21. The maximum Gasteiger partial charge on any atom is 0.327 e. The van der Waals surface area contributed by atoms with E-state index in [9.17, 15) is 9.59 Å². The summed E-state index contributed by atoms with van der Waals surface area (Å²) in [6.45, 7) is -0.338. The number of nitrogens with one attached hydrogen (secondary N) is 1. The highest BCUT2D eigenvalue weighted by Gasteiger charge is 2.10. The van der Waals surface area contributed by atoms with Crippen molar-refractivity contribution in [2.45, 2.75) is 6.54 Å². The number of hydrogen-bond donors (Lipinski definition) is 2. The smallest absolute Gasteiger partial charge is 0.327 e. The van der Waals surface area contributed by atoms with Crippen molar-refractivity contribution in [3.8, 4) is 0 Å². The van der Waals surface area contributed by atoms with Gasteiger partial charge in [-0.15, -0.1) is 0 Å². The van der Waals surface area contributed by atoms with Crippen molar-refractivity contribution in [1.29, 1.82) is 0 Å². The molecule has 0 saturated carbocycles. The molecule has 0 spiro atoms. The van der Waals surface area contributed by atoms with Crippen LogP contribution < -0.4 is 5.69 Å². The quantitative estimate of drug-likeness (QED) is 0.861. The molecule has 0 atom stereocenters. The number of benzene rings is 1. The summed E-state index contributed by atoms with van der Waals surface area (Å²) < 4.78 is 1.92. The lowest BCUT2D eigenvalue weighted by Gasteiger charge is -1.98. The van der Waals surface area contributed by atoms with E-state index in [1.807, 2.05) is 0 Å². The van der Waals surface area contributed by atoms with Crippen molar-refractivity contribution in [3.63, 3.8) is 0 Å². The van der Waals surface area contributed by atoms with E-state index in [0.717, 1.165) is 4.47 Å². The second-order valence-corrected chi connectivity index (χ2v) is 3.90. The molecule has 0 amide bonds. The van der Waals surface area contributed by atoms with Crippen molar-refractivity contribution in [2.75, 3.05) is 0 Å². The van der Waals surface area contributed by atoms with E-state index < -0.39 is 11.7 Å². The molecule has 2 aromatic rings. The van der Waals surface area contributed by atoms with Crippen LogP contribution in [0.1, 0.15) is 0 Å². The van der Waals surface area contributed by atoms with Gasteiger partial charge in [-0.2, -0.15) is 0 Å². The van der Waals surface area contributed by atoms with Crippen LogP contribution in [-0.4, -0.2) is 20.6 Å². The van der Waals surface area contributed by atoms with Gasteiger partial charge in [0.25, 0.3) is 0 Å². The second kappa shape index (κ2) is 3.54. The van der Waals surface area contributed by atoms with Gasteiger partial charge >= 0.3 is 11.7 Å². The zero-order valence-corrected chi connectivity index (χ0v) is 9.11. The number of carboxylic acids is 1. The Balaban J connectivity index is 2.74. The van der Waals surface area contributed by atoms with Crippen LogP contribution in [0.4, 0.5) is 0 Å². The summed E-state index contributed by atoms with van der Waals surface area (Å²) in [5, 5.41) is 8.65. The van der Waals surface area contributed by atoms with Gasteiger partial charge in [0.2, 0.25) is 0 Å². The monoisotopic (exact) mass is 270 g/mol. The topological polar surface area (TPSA) is 75.1 Å². The molecular formula is C9H7BrN2O3. The molecule has 0 unspecified atom stereocenters. The molecule has 0 aliphatic heterocycles. The third-order valence-corrected chi connectivity index (χ3v) is 2.71. The normalized spacial score (nSPS) is 10.7. The van der Waals surface area contributed by atoms with Crippen LogP contribution in [-0.2, 0) is 11.3 Å². The first kappa shape index (κ1) is 9.97. The molecule has 0 fully saturated rings. The zero-order chi connectivity index (χ0) is 11.0. The molecule has 2 N–H and O–H groups in total. The number of aliphatic carboxylic acids is 1. The molecule has 1 aromatic carbocycles. The summed E-state index contributed by atoms with van der Waals surface area (Å²) in [6.07, 6.45) is 0. The fourth-order valence-corrected chi connectivity index (χ4v) is 1.89. The summed E-state index contributed by atoms with van der Waals surface area (Å²) in [7, 11) is 0. The molecule has 1 aromatic heterocycles. The Kier molecular flexibility index (Phi) is 2.36. The van der Waals surface area contributed by atoms with Crippen LogP contribution in [0, 0.1) is 0 Å². The number of rotatable bonds is 2. The number of carbonyl (C=O) groups is 1. The van der Waals surface area contributed by atoms with Crippen molar-refractivity contribution >= 4 is 32.9 Å². The van der Waals surface area contributed by atoms with Crippen molar-refractivity contribution in [3.05, 3.63) is 33.2 Å². The molecule has 0 aliphatic carbocycles. The molecule has 2 rings (SSSR count). The van der Waals surface area contributed by atoms with Gasteiger partial charge in [-0.05, 0) is 28.1 Å². The summed E-state index contributed by atoms with van der Waals surface area (Å²) in [5.74, 6) is -1.04. The number of carboxylic acid groups (broad SMARTS) is 1. The van der Waals surface area contributed by atoms with E-state index >= 15 is 0 Å². The summed E-state index contributed by atoms with van der Waals surface area (Å²) in [5.41, 5.74) is 0.778. The third-order valence-electron chi connectivity index (χ3n) is 2.05. The number of imidazole rings is 1. The van der Waals surface area contributed by atoms with Crippen molar-refractivity contribution in [1.82, 2.24) is 9.55 Å². The average Bonchev–Trinajstić information content (AvgIpc) is 2.45. The highest BCUT2D eigenvalue weighted by Crippen LogP contribution is 2.20. The standard InChI is InChI=1S/C9H7BrN2O3/c10-5-2-1-3-6-8(5)11-9(15)12(6)4-7(13)14/h1-3H,4H2,(H,11,15)(H,13,14). The lowest BCUT2D eigenvalue weighted by atomic mass is 10.3. The molecule has 15 heavy (non-hydrogen) atoms. The Labute approximate surface area is 92.5 Å². The highest BCUT2D eigenvalue weighted by atomic mass is 79.9. The first-order chi connectivity index (χ1) is 7.09. The summed E-state index contributed by atoms with van der Waals surface area (Å²) >= 11 is 3.28. The molecule has 0 aliphatic rings. The number of para-hydroxylation sites is 1. The molecule has 0 bridgehead atoms. The Hall–Kier alpha value is -1.56. The van der Waals surface area contributed by atoms with Crippen molar-refractivity contribution < 1.29 is 9.90 Å². The molecule has 1 heterocycles. The summed E-state index contributed by atoms with van der Waals surface area (Å²) in [6, 6.07) is 5.22. The Morgan fingerprint density at radius 2 is 2.27 bits per heavy atom. The largest absolute Gasteiger partial charge is 0.480 e. The first-order valence-electron chi connectivity index (χ1n) is 4.18. The molecule has 0 saturated heterocycles. The van der Waals surface area contributed by atoms with E-state index in [1.54, 1.807) is 18.2 Å². The number of halogens is 1. The van der Waals surface area contributed by atoms with Gasteiger partial charge in [0.1, 0.15) is 6.54 Å². The van der Waals surface area contributed by atoms with Gasteiger partial charge in [0, 0.05) is 4.47 Å². The highest BCUT2D eigenvalue weighted by molar-refractivity contribution is 9.10. The van der Waals surface area contributed by atoms with Gasteiger partial charge in [0.15, 0.2) is 0 Å². The lowest BCUT2D eigenvalue weighted by molar-refractivity contribution is -0.137. The lowest BCUT2D eigenvalue weighted by Crippen LogP contribution is -2.21. The number of nitrogens with zero attached hydrogens (tertiary/aromatic N) is 1. The van der Waals surface area contributed by atoms with Crippen LogP contribution >= 0.6 is 15.9 Å². The van der Waals surface area contributed by atoms with Gasteiger partial charge < -0.3 is 10.1 Å². The van der Waals surface area contributed by atoms with Crippen LogP contribution in [0.2, 0.25) is 0 Å². The van der Waals surface area contributed by atoms with Gasteiger partial charge in [-0.25, -0.2) is 4.79 Å². The van der Waals surface area contributed by atoms with E-state index in [2.05, 4.69) is 20.9 Å². The average molecular weight is 271 g/mol. The fourth-order valence-electron chi connectivity index (χ4n) is 1.44. The van der Waals surface area contributed by atoms with E-state index in [1.165, 1.54) is 4.57 Å². The van der Waals surface area contributed by atoms with Crippen LogP contribution in [0.25, 0.3) is 11.0 Å². The van der Waals surface area contributed by atoms with E-state index in [4.69, 9.17) is 5.11 Å². The molecule has 0 radical (unpaired) electrons. The van der Waals surface area contributed by atoms with E-state index in [-0.39, 0.29) is 6.54 Å². The number of hydrogen-bond acceptors (Lipinski definition) is 2. The first-order valence-corrected chi connectivity index (χ1v) is 4.97. The van der Waals surface area contributed by atoms with Crippen LogP contribution in [0.5, 0.6) is 0 Å². The maximum absolute atomic E-state index is 11.4. The van der Waals surface area contributed by atoms with Gasteiger partial charge in [0.05, 0.1) is 11.0 Å². The van der Waals surface area contributed by atoms with Gasteiger partial charge in [-0.1, -0.05) is 6.07 Å². The Morgan fingerprint density at radius 1 is 1.53 bits per heavy atom. The fraction of sp³-hybridized carbons (Fsp3) is 0.111. The molecule has 78 valence electrons. The minimum Gasteiger partial charge on any atom is -0.480 e.